The lowest BCUT2D eigenvalue weighted by molar-refractivity contribution is -0.123. The molecule has 0 aliphatic heterocycles. The zero-order chi connectivity index (χ0) is 23.5. The molecule has 0 radical (unpaired) electrons. The van der Waals surface area contributed by atoms with E-state index in [0.29, 0.717) is 23.6 Å². The summed E-state index contributed by atoms with van der Waals surface area (Å²) in [4.78, 5) is 28.0. The van der Waals surface area contributed by atoms with Crippen molar-refractivity contribution in [2.75, 3.05) is 25.1 Å². The number of halogens is 2. The van der Waals surface area contributed by atoms with E-state index in [0.717, 1.165) is 31.0 Å². The standard InChI is InChI=1S/C24H31Cl2N3O2S/c1-4-29(5-2)16-18-9-7-6-8-17(18)15-27-24(31)22(12-13-32-3)28-23(30)20-11-10-19(25)14-21(20)26/h6-11,14,22H,4-5,12-13,15-16H2,1-3H3,(H,27,31)(H,28,30). The van der Waals surface area contributed by atoms with Crippen molar-refractivity contribution < 1.29 is 9.59 Å². The molecule has 32 heavy (non-hydrogen) atoms. The first kappa shape index (κ1) is 26.5. The summed E-state index contributed by atoms with van der Waals surface area (Å²) in [5.74, 6) is 0.135. The topological polar surface area (TPSA) is 61.4 Å². The van der Waals surface area contributed by atoms with Gasteiger partial charge in [-0.2, -0.15) is 11.8 Å². The molecular formula is C24H31Cl2N3O2S. The Morgan fingerprint density at radius 3 is 2.38 bits per heavy atom. The van der Waals surface area contributed by atoms with E-state index in [4.69, 9.17) is 23.2 Å². The summed E-state index contributed by atoms with van der Waals surface area (Å²) < 4.78 is 0. The molecule has 0 bridgehead atoms. The van der Waals surface area contributed by atoms with Crippen LogP contribution in [0.5, 0.6) is 0 Å². The number of nitrogens with one attached hydrogen (secondary N) is 2. The smallest absolute Gasteiger partial charge is 0.253 e. The van der Waals surface area contributed by atoms with Crippen molar-refractivity contribution >= 4 is 46.8 Å². The van der Waals surface area contributed by atoms with Crippen molar-refractivity contribution in [3.8, 4) is 0 Å². The highest BCUT2D eigenvalue weighted by molar-refractivity contribution is 7.98. The Morgan fingerprint density at radius 2 is 1.75 bits per heavy atom. The largest absolute Gasteiger partial charge is 0.350 e. The maximum absolute atomic E-state index is 13.0. The van der Waals surface area contributed by atoms with Gasteiger partial charge in [0.2, 0.25) is 5.91 Å². The van der Waals surface area contributed by atoms with Crippen LogP contribution in [0.2, 0.25) is 10.0 Å². The summed E-state index contributed by atoms with van der Waals surface area (Å²) in [6.45, 7) is 7.45. The van der Waals surface area contributed by atoms with Crippen molar-refractivity contribution in [1.29, 1.82) is 0 Å². The van der Waals surface area contributed by atoms with Gasteiger partial charge in [0.05, 0.1) is 10.6 Å². The van der Waals surface area contributed by atoms with E-state index in [1.165, 1.54) is 11.6 Å². The first-order valence-electron chi connectivity index (χ1n) is 10.7. The van der Waals surface area contributed by atoms with Gasteiger partial charge in [-0.15, -0.1) is 0 Å². The van der Waals surface area contributed by atoms with Crippen LogP contribution in [0.3, 0.4) is 0 Å². The highest BCUT2D eigenvalue weighted by Gasteiger charge is 2.22. The van der Waals surface area contributed by atoms with Gasteiger partial charge in [-0.25, -0.2) is 0 Å². The molecule has 0 saturated carbocycles. The molecular weight excluding hydrogens is 465 g/mol. The average Bonchev–Trinajstić information content (AvgIpc) is 2.78. The number of benzene rings is 2. The number of thioether (sulfide) groups is 1. The second kappa shape index (κ2) is 13.7. The van der Waals surface area contributed by atoms with Crippen LogP contribution in [0.1, 0.15) is 41.8 Å². The zero-order valence-electron chi connectivity index (χ0n) is 18.8. The molecule has 0 heterocycles. The molecule has 8 heteroatoms. The van der Waals surface area contributed by atoms with Crippen LogP contribution in [0.4, 0.5) is 0 Å². The van der Waals surface area contributed by atoms with E-state index < -0.39 is 11.9 Å². The van der Waals surface area contributed by atoms with Gasteiger partial charge in [-0.05, 0) is 60.8 Å². The van der Waals surface area contributed by atoms with Crippen molar-refractivity contribution in [1.82, 2.24) is 15.5 Å². The Labute approximate surface area is 205 Å². The molecule has 0 saturated heterocycles. The van der Waals surface area contributed by atoms with Gasteiger partial charge >= 0.3 is 0 Å². The number of carbonyl (C=O) groups excluding carboxylic acids is 2. The molecule has 2 amide bonds. The number of hydrogen-bond donors (Lipinski definition) is 2. The molecule has 174 valence electrons. The van der Waals surface area contributed by atoms with Crippen LogP contribution < -0.4 is 10.6 Å². The monoisotopic (exact) mass is 495 g/mol. The second-order valence-corrected chi connectivity index (χ2v) is 9.21. The van der Waals surface area contributed by atoms with Crippen molar-refractivity contribution in [3.63, 3.8) is 0 Å². The first-order valence-corrected chi connectivity index (χ1v) is 12.9. The van der Waals surface area contributed by atoms with E-state index >= 15 is 0 Å². The highest BCUT2D eigenvalue weighted by Crippen LogP contribution is 2.21. The predicted molar refractivity (Wildman–Crippen MR) is 136 cm³/mol. The SMILES string of the molecule is CCN(CC)Cc1ccccc1CNC(=O)C(CCSC)NC(=O)c1ccc(Cl)cc1Cl. The van der Waals surface area contributed by atoms with Crippen LogP contribution in [-0.2, 0) is 17.9 Å². The molecule has 2 N–H and O–H groups in total. The minimum atomic E-state index is -0.656. The van der Waals surface area contributed by atoms with Gasteiger partial charge in [0, 0.05) is 18.1 Å². The van der Waals surface area contributed by atoms with Gasteiger partial charge in [0.1, 0.15) is 6.04 Å². The van der Waals surface area contributed by atoms with Crippen LogP contribution in [0.15, 0.2) is 42.5 Å². The van der Waals surface area contributed by atoms with E-state index in [1.54, 1.807) is 23.9 Å². The Bertz CT molecular complexity index is 907. The van der Waals surface area contributed by atoms with Gasteiger partial charge in [0.15, 0.2) is 0 Å². The maximum Gasteiger partial charge on any atom is 0.253 e. The summed E-state index contributed by atoms with van der Waals surface area (Å²) in [6, 6.07) is 12.1. The van der Waals surface area contributed by atoms with Gasteiger partial charge < -0.3 is 10.6 Å². The first-order chi connectivity index (χ1) is 15.4. The van der Waals surface area contributed by atoms with E-state index in [9.17, 15) is 9.59 Å². The molecule has 2 rings (SSSR count). The van der Waals surface area contributed by atoms with Crippen molar-refractivity contribution in [2.24, 2.45) is 0 Å². The van der Waals surface area contributed by atoms with Gasteiger partial charge in [-0.3, -0.25) is 14.5 Å². The van der Waals surface area contributed by atoms with E-state index in [2.05, 4.69) is 35.4 Å². The molecule has 0 aliphatic rings. The van der Waals surface area contributed by atoms with Crippen molar-refractivity contribution in [3.05, 3.63) is 69.2 Å². The average molecular weight is 497 g/mol. The summed E-state index contributed by atoms with van der Waals surface area (Å²) in [5.41, 5.74) is 2.56. The van der Waals surface area contributed by atoms with E-state index in [1.807, 2.05) is 24.5 Å². The lowest BCUT2D eigenvalue weighted by atomic mass is 10.1. The Kier molecular flexibility index (Phi) is 11.4. The minimum Gasteiger partial charge on any atom is -0.350 e. The summed E-state index contributed by atoms with van der Waals surface area (Å²) >= 11 is 13.7. The number of carbonyl (C=O) groups is 2. The molecule has 5 nitrogen and oxygen atoms in total. The fourth-order valence-corrected chi connectivity index (χ4v) is 4.26. The number of rotatable bonds is 12. The molecule has 0 aromatic heterocycles. The Hall–Kier alpha value is -1.73. The quantitative estimate of drug-likeness (QED) is 0.434. The fourth-order valence-electron chi connectivity index (χ4n) is 3.29. The van der Waals surface area contributed by atoms with Crippen LogP contribution >= 0.6 is 35.0 Å². The lowest BCUT2D eigenvalue weighted by Crippen LogP contribution is -2.47. The number of hydrogen-bond acceptors (Lipinski definition) is 4. The number of amides is 2. The third-order valence-corrected chi connectivity index (χ3v) is 6.46. The van der Waals surface area contributed by atoms with Crippen LogP contribution in [0.25, 0.3) is 0 Å². The van der Waals surface area contributed by atoms with Crippen LogP contribution in [0, 0.1) is 0 Å². The summed E-state index contributed by atoms with van der Waals surface area (Å²) in [5, 5.41) is 6.54. The molecule has 0 aliphatic carbocycles. The molecule has 1 atom stereocenters. The fraction of sp³-hybridized carbons (Fsp3) is 0.417. The lowest BCUT2D eigenvalue weighted by Gasteiger charge is -2.21. The Morgan fingerprint density at radius 1 is 1.06 bits per heavy atom. The molecule has 1 unspecified atom stereocenters. The predicted octanol–water partition coefficient (Wildman–Crippen LogP) is 5.00. The number of nitrogens with zero attached hydrogens (tertiary/aromatic N) is 1. The van der Waals surface area contributed by atoms with E-state index in [-0.39, 0.29) is 10.9 Å². The molecule has 2 aromatic rings. The van der Waals surface area contributed by atoms with Crippen molar-refractivity contribution in [2.45, 2.75) is 39.4 Å². The molecule has 0 spiro atoms. The highest BCUT2D eigenvalue weighted by atomic mass is 35.5. The Balaban J connectivity index is 2.08. The van der Waals surface area contributed by atoms with Crippen LogP contribution in [-0.4, -0.2) is 47.9 Å². The van der Waals surface area contributed by atoms with Gasteiger partial charge in [0.25, 0.3) is 5.91 Å². The van der Waals surface area contributed by atoms with Gasteiger partial charge in [-0.1, -0.05) is 61.3 Å². The third-order valence-electron chi connectivity index (χ3n) is 5.27. The zero-order valence-corrected chi connectivity index (χ0v) is 21.1. The minimum absolute atomic E-state index is 0.213. The summed E-state index contributed by atoms with van der Waals surface area (Å²) in [6.07, 6.45) is 2.49. The molecule has 2 aromatic carbocycles. The second-order valence-electron chi connectivity index (χ2n) is 7.38. The third kappa shape index (κ3) is 8.00. The normalized spacial score (nSPS) is 11.9. The molecule has 0 fully saturated rings. The maximum atomic E-state index is 13.0. The summed E-state index contributed by atoms with van der Waals surface area (Å²) in [7, 11) is 0.